The molecule has 0 unspecified atom stereocenters. The van der Waals surface area contributed by atoms with E-state index < -0.39 is 0 Å². The fraction of sp³-hybridized carbons (Fsp3) is 0.400. The van der Waals surface area contributed by atoms with Gasteiger partial charge in [0.05, 0.1) is 5.52 Å². The van der Waals surface area contributed by atoms with E-state index in [-0.39, 0.29) is 0 Å². The van der Waals surface area contributed by atoms with Crippen LogP contribution in [0.1, 0.15) is 13.3 Å². The topological polar surface area (TPSA) is 39.9 Å². The normalized spacial score (nSPS) is 10.9. The molecule has 1 heterocycles. The van der Waals surface area contributed by atoms with E-state index in [1.165, 1.54) is 0 Å². The van der Waals surface area contributed by atoms with Crippen molar-refractivity contribution in [3.05, 3.63) is 24.3 Å². The van der Waals surface area contributed by atoms with Gasteiger partial charge in [0, 0.05) is 6.61 Å². The van der Waals surface area contributed by atoms with Crippen molar-refractivity contribution in [1.29, 1.82) is 0 Å². The Morgan fingerprint density at radius 2 is 2.21 bits per heavy atom. The number of rotatable bonds is 4. The first-order valence-electron chi connectivity index (χ1n) is 4.78. The van der Waals surface area contributed by atoms with Crippen LogP contribution in [0.5, 0.6) is 0 Å². The van der Waals surface area contributed by atoms with Gasteiger partial charge in [-0.3, -0.25) is 0 Å². The predicted molar refractivity (Wildman–Crippen MR) is 53.8 cm³/mol. The Bertz CT molecular complexity index is 410. The first kappa shape index (κ1) is 9.15. The average Bonchev–Trinajstić information content (AvgIpc) is 2.63. The number of aromatic nitrogens is 3. The fourth-order valence-corrected chi connectivity index (χ4v) is 1.31. The van der Waals surface area contributed by atoms with Crippen LogP contribution >= 0.6 is 0 Å². The first-order valence-corrected chi connectivity index (χ1v) is 4.78. The van der Waals surface area contributed by atoms with Gasteiger partial charge < -0.3 is 4.74 Å². The summed E-state index contributed by atoms with van der Waals surface area (Å²) in [5.74, 6) is 0. The van der Waals surface area contributed by atoms with Gasteiger partial charge in [-0.05, 0) is 18.6 Å². The van der Waals surface area contributed by atoms with Crippen molar-refractivity contribution in [3.8, 4) is 0 Å². The average molecular weight is 191 g/mol. The van der Waals surface area contributed by atoms with Crippen LogP contribution in [0.4, 0.5) is 0 Å². The molecule has 2 aromatic rings. The largest absolute Gasteiger partial charge is 0.359 e. The van der Waals surface area contributed by atoms with Crippen molar-refractivity contribution in [3.63, 3.8) is 0 Å². The molecule has 0 aliphatic carbocycles. The van der Waals surface area contributed by atoms with E-state index in [9.17, 15) is 0 Å². The third-order valence-electron chi connectivity index (χ3n) is 1.98. The van der Waals surface area contributed by atoms with E-state index in [2.05, 4.69) is 17.2 Å². The molecular formula is C10H13N3O. The Balaban J connectivity index is 2.17. The van der Waals surface area contributed by atoms with Crippen LogP contribution in [-0.4, -0.2) is 21.6 Å². The summed E-state index contributed by atoms with van der Waals surface area (Å²) in [6.07, 6.45) is 1.02. The predicted octanol–water partition coefficient (Wildman–Crippen LogP) is 1.82. The van der Waals surface area contributed by atoms with E-state index in [4.69, 9.17) is 4.74 Å². The summed E-state index contributed by atoms with van der Waals surface area (Å²) in [5, 5.41) is 8.04. The third-order valence-corrected chi connectivity index (χ3v) is 1.98. The van der Waals surface area contributed by atoms with Gasteiger partial charge in [-0.2, -0.15) is 0 Å². The molecule has 0 aliphatic heterocycles. The molecule has 74 valence electrons. The molecule has 0 saturated heterocycles. The van der Waals surface area contributed by atoms with Crippen molar-refractivity contribution in [2.45, 2.75) is 20.1 Å². The lowest BCUT2D eigenvalue weighted by atomic mass is 10.3. The van der Waals surface area contributed by atoms with Crippen LogP contribution in [0, 0.1) is 0 Å². The maximum absolute atomic E-state index is 5.40. The van der Waals surface area contributed by atoms with Crippen LogP contribution in [0.3, 0.4) is 0 Å². The maximum atomic E-state index is 5.40. The molecule has 0 N–H and O–H groups in total. The van der Waals surface area contributed by atoms with Crippen molar-refractivity contribution < 1.29 is 4.74 Å². The lowest BCUT2D eigenvalue weighted by molar-refractivity contribution is 0.0710. The van der Waals surface area contributed by atoms with Gasteiger partial charge in [-0.25, -0.2) is 4.68 Å². The Morgan fingerprint density at radius 3 is 3.07 bits per heavy atom. The first-order chi connectivity index (χ1) is 6.92. The SMILES string of the molecule is CCCOCn1nnc2ccccc21. The quantitative estimate of drug-likeness (QED) is 0.692. The standard InChI is InChI=1S/C10H13N3O/c1-2-7-14-8-13-10-6-4-3-5-9(10)11-12-13/h3-6H,2,7-8H2,1H3. The van der Waals surface area contributed by atoms with Crippen LogP contribution in [-0.2, 0) is 11.5 Å². The highest BCUT2D eigenvalue weighted by atomic mass is 16.5. The highest BCUT2D eigenvalue weighted by Crippen LogP contribution is 2.09. The van der Waals surface area contributed by atoms with Gasteiger partial charge >= 0.3 is 0 Å². The molecule has 0 saturated carbocycles. The summed E-state index contributed by atoms with van der Waals surface area (Å²) >= 11 is 0. The molecule has 0 amide bonds. The minimum absolute atomic E-state index is 0.481. The molecule has 4 nitrogen and oxygen atoms in total. The van der Waals surface area contributed by atoms with Gasteiger partial charge in [-0.1, -0.05) is 24.3 Å². The highest BCUT2D eigenvalue weighted by Gasteiger charge is 2.01. The lowest BCUT2D eigenvalue weighted by Gasteiger charge is -2.02. The fourth-order valence-electron chi connectivity index (χ4n) is 1.31. The van der Waals surface area contributed by atoms with E-state index >= 15 is 0 Å². The molecule has 1 aromatic carbocycles. The van der Waals surface area contributed by atoms with Crippen LogP contribution in [0.25, 0.3) is 11.0 Å². The van der Waals surface area contributed by atoms with E-state index in [0.717, 1.165) is 24.1 Å². The second-order valence-electron chi connectivity index (χ2n) is 3.12. The Morgan fingerprint density at radius 1 is 1.36 bits per heavy atom. The van der Waals surface area contributed by atoms with Gasteiger partial charge in [0.25, 0.3) is 0 Å². The second-order valence-corrected chi connectivity index (χ2v) is 3.12. The van der Waals surface area contributed by atoms with E-state index in [1.807, 2.05) is 24.3 Å². The number of benzene rings is 1. The number of nitrogens with zero attached hydrogens (tertiary/aromatic N) is 3. The zero-order valence-corrected chi connectivity index (χ0v) is 8.18. The number of hydrogen-bond donors (Lipinski definition) is 0. The molecule has 1 aromatic heterocycles. The third kappa shape index (κ3) is 1.75. The van der Waals surface area contributed by atoms with Gasteiger partial charge in [0.15, 0.2) is 0 Å². The molecule has 0 radical (unpaired) electrons. The minimum Gasteiger partial charge on any atom is -0.359 e. The Hall–Kier alpha value is -1.42. The number of fused-ring (bicyclic) bond motifs is 1. The van der Waals surface area contributed by atoms with Gasteiger partial charge in [0.2, 0.25) is 0 Å². The number of hydrogen-bond acceptors (Lipinski definition) is 3. The Labute approximate surface area is 82.5 Å². The van der Waals surface area contributed by atoms with Gasteiger partial charge in [-0.15, -0.1) is 5.10 Å². The van der Waals surface area contributed by atoms with Crippen LogP contribution in [0.2, 0.25) is 0 Å². The molecule has 0 bridgehead atoms. The molecule has 0 atom stereocenters. The highest BCUT2D eigenvalue weighted by molar-refractivity contribution is 5.73. The molecule has 14 heavy (non-hydrogen) atoms. The lowest BCUT2D eigenvalue weighted by Crippen LogP contribution is -2.04. The summed E-state index contributed by atoms with van der Waals surface area (Å²) in [6, 6.07) is 7.86. The zero-order chi connectivity index (χ0) is 9.80. The summed E-state index contributed by atoms with van der Waals surface area (Å²) in [4.78, 5) is 0. The van der Waals surface area contributed by atoms with E-state index in [0.29, 0.717) is 6.73 Å². The van der Waals surface area contributed by atoms with Gasteiger partial charge in [0.1, 0.15) is 12.2 Å². The van der Waals surface area contributed by atoms with Crippen LogP contribution < -0.4 is 0 Å². The van der Waals surface area contributed by atoms with E-state index in [1.54, 1.807) is 4.68 Å². The molecule has 4 heteroatoms. The summed E-state index contributed by atoms with van der Waals surface area (Å²) in [7, 11) is 0. The number of ether oxygens (including phenoxy) is 1. The molecule has 0 fully saturated rings. The van der Waals surface area contributed by atoms with Crippen molar-refractivity contribution in [2.24, 2.45) is 0 Å². The van der Waals surface area contributed by atoms with Crippen LogP contribution in [0.15, 0.2) is 24.3 Å². The molecule has 0 spiro atoms. The Kier molecular flexibility index (Phi) is 2.74. The monoisotopic (exact) mass is 191 g/mol. The molecular weight excluding hydrogens is 178 g/mol. The maximum Gasteiger partial charge on any atom is 0.141 e. The molecule has 0 aliphatic rings. The minimum atomic E-state index is 0.481. The summed E-state index contributed by atoms with van der Waals surface area (Å²) < 4.78 is 7.16. The van der Waals surface area contributed by atoms with Crippen molar-refractivity contribution in [2.75, 3.05) is 6.61 Å². The summed E-state index contributed by atoms with van der Waals surface area (Å²) in [5.41, 5.74) is 1.93. The van der Waals surface area contributed by atoms with Crippen molar-refractivity contribution in [1.82, 2.24) is 15.0 Å². The smallest absolute Gasteiger partial charge is 0.141 e. The number of para-hydroxylation sites is 1. The second kappa shape index (κ2) is 4.19. The summed E-state index contributed by atoms with van der Waals surface area (Å²) in [6.45, 7) is 3.32. The molecule has 2 rings (SSSR count). The van der Waals surface area contributed by atoms with Crippen molar-refractivity contribution >= 4 is 11.0 Å². The zero-order valence-electron chi connectivity index (χ0n) is 8.18.